The van der Waals surface area contributed by atoms with Crippen LogP contribution in [0.5, 0.6) is 0 Å². The maximum atomic E-state index is 2.35. The number of benzene rings is 1. The topological polar surface area (TPSA) is 0 Å². The van der Waals surface area contributed by atoms with E-state index >= 15 is 0 Å². The molecule has 0 N–H and O–H groups in total. The minimum Gasteiger partial charge on any atom is -0.0628 e. The molecule has 1 aromatic carbocycles. The van der Waals surface area contributed by atoms with E-state index in [9.17, 15) is 0 Å². The summed E-state index contributed by atoms with van der Waals surface area (Å²) in [4.78, 5) is 0. The van der Waals surface area contributed by atoms with Crippen LogP contribution in [0, 0.1) is 19.8 Å². The largest absolute Gasteiger partial charge is 0.0628 e. The van der Waals surface area contributed by atoms with Gasteiger partial charge in [0.1, 0.15) is 0 Å². The van der Waals surface area contributed by atoms with Crippen molar-refractivity contribution in [1.29, 1.82) is 0 Å². The van der Waals surface area contributed by atoms with Crippen molar-refractivity contribution in [3.8, 4) is 0 Å². The summed E-state index contributed by atoms with van der Waals surface area (Å²) in [6, 6.07) is 6.88. The SMILES string of the molecule is Cc1ccc([C@H](C)CCC(C)C)cc1C. The van der Waals surface area contributed by atoms with E-state index in [1.807, 2.05) is 0 Å². The third kappa shape index (κ3) is 3.70. The zero-order chi connectivity index (χ0) is 11.4. The second kappa shape index (κ2) is 5.34. The summed E-state index contributed by atoms with van der Waals surface area (Å²) in [7, 11) is 0. The summed E-state index contributed by atoms with van der Waals surface area (Å²) in [5.41, 5.74) is 4.32. The molecule has 15 heavy (non-hydrogen) atoms. The Balaban J connectivity index is 2.65. The molecule has 0 saturated heterocycles. The maximum absolute atomic E-state index is 2.35. The molecule has 0 heterocycles. The van der Waals surface area contributed by atoms with Gasteiger partial charge in [-0.05, 0) is 48.8 Å². The molecule has 1 aromatic rings. The van der Waals surface area contributed by atoms with Gasteiger partial charge in [0, 0.05) is 0 Å². The molecule has 0 saturated carbocycles. The fourth-order valence-corrected chi connectivity index (χ4v) is 1.82. The first kappa shape index (κ1) is 12.3. The van der Waals surface area contributed by atoms with Gasteiger partial charge < -0.3 is 0 Å². The molecule has 0 nitrogen and oxygen atoms in total. The number of aryl methyl sites for hydroxylation is 2. The summed E-state index contributed by atoms with van der Waals surface area (Å²) >= 11 is 0. The van der Waals surface area contributed by atoms with Crippen molar-refractivity contribution in [2.45, 2.75) is 53.4 Å². The minimum atomic E-state index is 0.701. The van der Waals surface area contributed by atoms with Gasteiger partial charge in [-0.2, -0.15) is 0 Å². The van der Waals surface area contributed by atoms with E-state index in [-0.39, 0.29) is 0 Å². The Bertz CT molecular complexity index is 310. The van der Waals surface area contributed by atoms with Gasteiger partial charge in [-0.3, -0.25) is 0 Å². The van der Waals surface area contributed by atoms with Crippen molar-refractivity contribution < 1.29 is 0 Å². The first-order valence-corrected chi connectivity index (χ1v) is 6.08. The molecule has 0 aliphatic carbocycles. The van der Waals surface area contributed by atoms with Crippen LogP contribution in [0.15, 0.2) is 18.2 Å². The van der Waals surface area contributed by atoms with Gasteiger partial charge in [0.15, 0.2) is 0 Å². The van der Waals surface area contributed by atoms with Crippen LogP contribution in [-0.2, 0) is 0 Å². The van der Waals surface area contributed by atoms with Gasteiger partial charge in [-0.25, -0.2) is 0 Å². The van der Waals surface area contributed by atoms with Crippen molar-refractivity contribution in [3.05, 3.63) is 34.9 Å². The predicted molar refractivity (Wildman–Crippen MR) is 68.4 cm³/mol. The zero-order valence-electron chi connectivity index (χ0n) is 10.8. The molecule has 0 fully saturated rings. The summed E-state index contributed by atoms with van der Waals surface area (Å²) in [5.74, 6) is 1.52. The van der Waals surface area contributed by atoms with Gasteiger partial charge in [-0.15, -0.1) is 0 Å². The Kier molecular flexibility index (Phi) is 4.38. The lowest BCUT2D eigenvalue weighted by atomic mass is 9.91. The average Bonchev–Trinajstić information content (AvgIpc) is 2.18. The number of hydrogen-bond donors (Lipinski definition) is 0. The van der Waals surface area contributed by atoms with Gasteiger partial charge in [0.05, 0.1) is 0 Å². The van der Waals surface area contributed by atoms with Crippen LogP contribution in [0.4, 0.5) is 0 Å². The van der Waals surface area contributed by atoms with Crippen molar-refractivity contribution >= 4 is 0 Å². The highest BCUT2D eigenvalue weighted by Gasteiger charge is 2.07. The van der Waals surface area contributed by atoms with Crippen LogP contribution in [0.1, 0.15) is 56.2 Å². The Labute approximate surface area is 94.7 Å². The Hall–Kier alpha value is -0.780. The van der Waals surface area contributed by atoms with Gasteiger partial charge in [0.2, 0.25) is 0 Å². The highest BCUT2D eigenvalue weighted by atomic mass is 14.1. The molecule has 0 amide bonds. The van der Waals surface area contributed by atoms with E-state index in [1.54, 1.807) is 0 Å². The highest BCUT2D eigenvalue weighted by molar-refractivity contribution is 5.31. The van der Waals surface area contributed by atoms with E-state index in [2.05, 4.69) is 52.8 Å². The summed E-state index contributed by atoms with van der Waals surface area (Å²) in [6.45, 7) is 11.3. The van der Waals surface area contributed by atoms with Crippen LogP contribution in [0.25, 0.3) is 0 Å². The van der Waals surface area contributed by atoms with Crippen LogP contribution >= 0.6 is 0 Å². The highest BCUT2D eigenvalue weighted by Crippen LogP contribution is 2.24. The summed E-state index contributed by atoms with van der Waals surface area (Å²) in [6.07, 6.45) is 2.63. The maximum Gasteiger partial charge on any atom is -0.0190 e. The fourth-order valence-electron chi connectivity index (χ4n) is 1.82. The van der Waals surface area contributed by atoms with E-state index in [0.29, 0.717) is 5.92 Å². The lowest BCUT2D eigenvalue weighted by Gasteiger charge is -2.14. The first-order chi connectivity index (χ1) is 7.00. The molecule has 1 atom stereocenters. The van der Waals surface area contributed by atoms with Crippen molar-refractivity contribution in [2.24, 2.45) is 5.92 Å². The molecule has 0 aliphatic rings. The van der Waals surface area contributed by atoms with Crippen LogP contribution in [-0.4, -0.2) is 0 Å². The van der Waals surface area contributed by atoms with Crippen molar-refractivity contribution in [2.75, 3.05) is 0 Å². The monoisotopic (exact) mass is 204 g/mol. The minimum absolute atomic E-state index is 0.701. The standard InChI is InChI=1S/C15H24/c1-11(2)6-7-13(4)15-9-8-12(3)14(5)10-15/h8-11,13H,6-7H2,1-5H3/t13-/m1/s1. The van der Waals surface area contributed by atoms with E-state index in [4.69, 9.17) is 0 Å². The molecule has 0 aliphatic heterocycles. The van der Waals surface area contributed by atoms with E-state index in [0.717, 1.165) is 5.92 Å². The van der Waals surface area contributed by atoms with Gasteiger partial charge >= 0.3 is 0 Å². The summed E-state index contributed by atoms with van der Waals surface area (Å²) < 4.78 is 0. The van der Waals surface area contributed by atoms with Crippen molar-refractivity contribution in [3.63, 3.8) is 0 Å². The Morgan fingerprint density at radius 1 is 0.933 bits per heavy atom. The second-order valence-corrected chi connectivity index (χ2v) is 5.22. The molecule has 0 bridgehead atoms. The average molecular weight is 204 g/mol. The quantitative estimate of drug-likeness (QED) is 0.658. The van der Waals surface area contributed by atoms with Crippen LogP contribution < -0.4 is 0 Å². The molecule has 0 aromatic heterocycles. The predicted octanol–water partition coefficient (Wildman–Crippen LogP) is 4.84. The summed E-state index contributed by atoms with van der Waals surface area (Å²) in [5, 5.41) is 0. The van der Waals surface area contributed by atoms with Gasteiger partial charge in [-0.1, -0.05) is 45.4 Å². The smallest absolute Gasteiger partial charge is 0.0190 e. The number of rotatable bonds is 4. The van der Waals surface area contributed by atoms with Gasteiger partial charge in [0.25, 0.3) is 0 Å². The Morgan fingerprint density at radius 3 is 2.13 bits per heavy atom. The normalized spacial score (nSPS) is 13.2. The third-order valence-electron chi connectivity index (χ3n) is 3.28. The second-order valence-electron chi connectivity index (χ2n) is 5.22. The third-order valence-corrected chi connectivity index (χ3v) is 3.28. The molecule has 1 rings (SSSR count). The first-order valence-electron chi connectivity index (χ1n) is 6.08. The lowest BCUT2D eigenvalue weighted by Crippen LogP contribution is -1.97. The molecular formula is C15H24. The van der Waals surface area contributed by atoms with Crippen LogP contribution in [0.3, 0.4) is 0 Å². The molecule has 0 radical (unpaired) electrons. The molecule has 0 spiro atoms. The molecule has 84 valence electrons. The zero-order valence-corrected chi connectivity index (χ0v) is 10.8. The Morgan fingerprint density at radius 2 is 1.60 bits per heavy atom. The number of hydrogen-bond acceptors (Lipinski definition) is 0. The molecule has 0 unspecified atom stereocenters. The van der Waals surface area contributed by atoms with Crippen molar-refractivity contribution in [1.82, 2.24) is 0 Å². The van der Waals surface area contributed by atoms with Crippen LogP contribution in [0.2, 0.25) is 0 Å². The fraction of sp³-hybridized carbons (Fsp3) is 0.600. The van der Waals surface area contributed by atoms with E-state index < -0.39 is 0 Å². The lowest BCUT2D eigenvalue weighted by molar-refractivity contribution is 0.517. The molecule has 0 heteroatoms. The van der Waals surface area contributed by atoms with E-state index in [1.165, 1.54) is 29.5 Å². The molecular weight excluding hydrogens is 180 g/mol.